The molecule has 0 N–H and O–H groups in total. The first-order valence-electron chi connectivity index (χ1n) is 20.9. The molecule has 10 rings (SSSR count). The summed E-state index contributed by atoms with van der Waals surface area (Å²) >= 11 is 1.84. The Labute approximate surface area is 363 Å². The van der Waals surface area contributed by atoms with Gasteiger partial charge >= 0.3 is 0 Å². The van der Waals surface area contributed by atoms with Crippen LogP contribution in [0.15, 0.2) is 255 Å². The number of hydrogen-bond donors (Lipinski definition) is 0. The molecule has 0 aliphatic carbocycles. The third kappa shape index (κ3) is 8.23. The zero-order valence-electron chi connectivity index (χ0n) is 33.7. The van der Waals surface area contributed by atoms with E-state index < -0.39 is 0 Å². The predicted octanol–water partition coefficient (Wildman–Crippen LogP) is 16.7. The zero-order valence-corrected chi connectivity index (χ0v) is 34.5. The highest BCUT2D eigenvalue weighted by Crippen LogP contribution is 2.40. The smallest absolute Gasteiger partial charge is 0.0462 e. The van der Waals surface area contributed by atoms with Gasteiger partial charge in [0, 0.05) is 32.7 Å². The first kappa shape index (κ1) is 37.7. The van der Waals surface area contributed by atoms with Gasteiger partial charge in [0.05, 0.1) is 0 Å². The molecule has 1 heterocycles. The van der Waals surface area contributed by atoms with Crippen LogP contribution in [0, 0.1) is 0 Å². The van der Waals surface area contributed by atoms with Gasteiger partial charge in [-0.15, -0.1) is 11.3 Å². The Balaban J connectivity index is 0.929. The first-order chi connectivity index (χ1) is 30.2. The number of rotatable bonds is 11. The second-order valence-electron chi connectivity index (χ2n) is 15.3. The largest absolute Gasteiger partial charge is 0.311 e. The van der Waals surface area contributed by atoms with Crippen molar-refractivity contribution in [3.63, 3.8) is 0 Å². The molecule has 1 nitrogen and oxygen atoms in total. The van der Waals surface area contributed by atoms with Crippen LogP contribution in [-0.2, 0) is 0 Å². The van der Waals surface area contributed by atoms with Crippen molar-refractivity contribution in [2.45, 2.75) is 5.92 Å². The highest BCUT2D eigenvalue weighted by atomic mass is 32.1. The third-order valence-electron chi connectivity index (χ3n) is 11.5. The molecule has 0 spiro atoms. The number of anilines is 3. The minimum Gasteiger partial charge on any atom is -0.311 e. The fourth-order valence-electron chi connectivity index (χ4n) is 8.30. The summed E-state index contributed by atoms with van der Waals surface area (Å²) in [4.78, 5) is 4.91. The van der Waals surface area contributed by atoms with E-state index in [1.807, 2.05) is 11.3 Å². The van der Waals surface area contributed by atoms with Crippen molar-refractivity contribution >= 4 is 28.4 Å². The normalized spacial score (nSPS) is 11.5. The van der Waals surface area contributed by atoms with Gasteiger partial charge in [0.25, 0.3) is 0 Å². The molecule has 0 amide bonds. The lowest BCUT2D eigenvalue weighted by molar-refractivity contribution is 0.978. The monoisotopic (exact) mass is 797 g/mol. The predicted molar refractivity (Wildman–Crippen MR) is 260 cm³/mol. The number of thiophene rings is 1. The van der Waals surface area contributed by atoms with Gasteiger partial charge in [-0.05, 0) is 110 Å². The minimum atomic E-state index is 0.116. The van der Waals surface area contributed by atoms with Gasteiger partial charge in [0.15, 0.2) is 0 Å². The van der Waals surface area contributed by atoms with Crippen molar-refractivity contribution in [3.8, 4) is 54.3 Å². The van der Waals surface area contributed by atoms with Gasteiger partial charge in [-0.1, -0.05) is 206 Å². The second-order valence-corrected chi connectivity index (χ2v) is 16.4. The zero-order chi connectivity index (χ0) is 40.8. The summed E-state index contributed by atoms with van der Waals surface area (Å²) in [5, 5.41) is 0. The molecule has 1 atom stereocenters. The van der Waals surface area contributed by atoms with E-state index in [-0.39, 0.29) is 5.92 Å². The van der Waals surface area contributed by atoms with Gasteiger partial charge in [-0.2, -0.15) is 0 Å². The number of benzene rings is 9. The van der Waals surface area contributed by atoms with Crippen molar-refractivity contribution in [2.75, 3.05) is 4.90 Å². The quantitative estimate of drug-likeness (QED) is 0.118. The average molecular weight is 798 g/mol. The van der Waals surface area contributed by atoms with E-state index in [9.17, 15) is 0 Å². The molecule has 0 aliphatic rings. The van der Waals surface area contributed by atoms with Gasteiger partial charge in [0.2, 0.25) is 0 Å². The highest BCUT2D eigenvalue weighted by molar-refractivity contribution is 7.18. The van der Waals surface area contributed by atoms with Crippen molar-refractivity contribution in [2.24, 2.45) is 0 Å². The van der Waals surface area contributed by atoms with Crippen LogP contribution in [0.25, 0.3) is 54.3 Å². The van der Waals surface area contributed by atoms with E-state index in [2.05, 4.69) is 260 Å². The molecule has 2 heteroatoms. The van der Waals surface area contributed by atoms with Crippen LogP contribution < -0.4 is 4.90 Å². The van der Waals surface area contributed by atoms with E-state index in [1.54, 1.807) is 0 Å². The maximum Gasteiger partial charge on any atom is 0.0462 e. The fraction of sp³-hybridized carbons (Fsp3) is 0.0169. The molecule has 0 fully saturated rings. The Morgan fingerprint density at radius 1 is 0.230 bits per heavy atom. The van der Waals surface area contributed by atoms with Crippen LogP contribution in [0.4, 0.5) is 17.1 Å². The summed E-state index contributed by atoms with van der Waals surface area (Å²) in [5.41, 5.74) is 16.8. The molecule has 0 radical (unpaired) electrons. The Bertz CT molecular complexity index is 2860. The molecule has 61 heavy (non-hydrogen) atoms. The third-order valence-corrected chi connectivity index (χ3v) is 12.7. The van der Waals surface area contributed by atoms with E-state index >= 15 is 0 Å². The van der Waals surface area contributed by atoms with Crippen molar-refractivity contribution in [1.29, 1.82) is 0 Å². The van der Waals surface area contributed by atoms with E-state index in [1.165, 1.54) is 71.0 Å². The fourth-order valence-corrected chi connectivity index (χ4v) is 9.32. The van der Waals surface area contributed by atoms with Crippen molar-refractivity contribution in [1.82, 2.24) is 0 Å². The molecule has 0 bridgehead atoms. The van der Waals surface area contributed by atoms with Crippen LogP contribution in [0.3, 0.4) is 0 Å². The van der Waals surface area contributed by atoms with Crippen LogP contribution in [0.2, 0.25) is 0 Å². The lowest BCUT2D eigenvalue weighted by atomic mass is 9.84. The van der Waals surface area contributed by atoms with E-state index in [0.29, 0.717) is 0 Å². The van der Waals surface area contributed by atoms with Crippen LogP contribution >= 0.6 is 11.3 Å². The standard InChI is InChI=1S/C59H43NS/c1-5-13-43(14-6-1)46-29-35-54(36-30-46)60(55-37-31-47(32-38-55)44-15-7-2-8-16-44)56-39-33-48(34-40-56)45-21-25-52(26-22-45)59(51-19-11-4-12-20-51)53-27-23-50(24-28-53)58-42-41-57(61-58)49-17-9-3-10-18-49/h1-42,59H. The molecule has 0 saturated heterocycles. The molecule has 290 valence electrons. The Hall–Kier alpha value is -7.52. The number of nitrogens with zero attached hydrogens (tertiary/aromatic N) is 1. The average Bonchev–Trinajstić information content (AvgIpc) is 3.85. The molecule has 10 aromatic rings. The van der Waals surface area contributed by atoms with E-state index in [4.69, 9.17) is 0 Å². The SMILES string of the molecule is c1ccc(-c2ccc(N(c3ccc(-c4ccccc4)cc3)c3ccc(-c4ccc(C(c5ccccc5)c5ccc(-c6ccc(-c7ccccc7)s6)cc5)cc4)cc3)cc2)cc1. The Morgan fingerprint density at radius 3 is 0.869 bits per heavy atom. The lowest BCUT2D eigenvalue weighted by Crippen LogP contribution is -2.09. The number of hydrogen-bond acceptors (Lipinski definition) is 2. The molecule has 1 aromatic heterocycles. The Kier molecular flexibility index (Phi) is 10.7. The van der Waals surface area contributed by atoms with Crippen LogP contribution in [0.5, 0.6) is 0 Å². The molecular formula is C59H43NS. The maximum absolute atomic E-state index is 2.34. The summed E-state index contributed by atoms with van der Waals surface area (Å²) < 4.78 is 0. The summed E-state index contributed by atoms with van der Waals surface area (Å²) in [6, 6.07) is 92.1. The van der Waals surface area contributed by atoms with Crippen LogP contribution in [-0.4, -0.2) is 0 Å². The van der Waals surface area contributed by atoms with Crippen molar-refractivity contribution in [3.05, 3.63) is 271 Å². The summed E-state index contributed by atoms with van der Waals surface area (Å²) in [6.45, 7) is 0. The second kappa shape index (κ2) is 17.4. The first-order valence-corrected chi connectivity index (χ1v) is 21.7. The highest BCUT2D eigenvalue weighted by Gasteiger charge is 2.18. The van der Waals surface area contributed by atoms with Gasteiger partial charge in [-0.3, -0.25) is 0 Å². The molecule has 1 unspecified atom stereocenters. The molecule has 0 aliphatic heterocycles. The molecule has 9 aromatic carbocycles. The van der Waals surface area contributed by atoms with Crippen LogP contribution in [0.1, 0.15) is 22.6 Å². The van der Waals surface area contributed by atoms with Crippen molar-refractivity contribution < 1.29 is 0 Å². The summed E-state index contributed by atoms with van der Waals surface area (Å²) in [7, 11) is 0. The Morgan fingerprint density at radius 2 is 0.492 bits per heavy atom. The topological polar surface area (TPSA) is 3.24 Å². The van der Waals surface area contributed by atoms with Gasteiger partial charge in [-0.25, -0.2) is 0 Å². The van der Waals surface area contributed by atoms with Gasteiger partial charge < -0.3 is 4.90 Å². The van der Waals surface area contributed by atoms with Gasteiger partial charge in [0.1, 0.15) is 0 Å². The van der Waals surface area contributed by atoms with E-state index in [0.717, 1.165) is 17.1 Å². The summed E-state index contributed by atoms with van der Waals surface area (Å²) in [5.74, 6) is 0.116. The minimum absolute atomic E-state index is 0.116. The maximum atomic E-state index is 2.34. The lowest BCUT2D eigenvalue weighted by Gasteiger charge is -2.26. The molecule has 0 saturated carbocycles. The molecular weight excluding hydrogens is 755 g/mol. The summed E-state index contributed by atoms with van der Waals surface area (Å²) in [6.07, 6.45) is 0.